The van der Waals surface area contributed by atoms with E-state index in [1.165, 1.54) is 0 Å². The number of carbonyl (C=O) groups is 2. The van der Waals surface area contributed by atoms with Gasteiger partial charge in [-0.25, -0.2) is 0 Å². The molecule has 1 atom stereocenters. The van der Waals surface area contributed by atoms with E-state index in [1.807, 2.05) is 13.8 Å². The molecule has 4 nitrogen and oxygen atoms in total. The number of hydrogen-bond acceptors (Lipinski definition) is 2. The van der Waals surface area contributed by atoms with Gasteiger partial charge in [0.2, 0.25) is 5.91 Å². The number of nitrogens with one attached hydrogen (secondary N) is 2. The highest BCUT2D eigenvalue weighted by molar-refractivity contribution is 6.30. The maximum Gasteiger partial charge on any atom is 0.251 e. The predicted molar refractivity (Wildman–Crippen MR) is 85.5 cm³/mol. The molecule has 0 aliphatic heterocycles. The fourth-order valence-electron chi connectivity index (χ4n) is 1.86. The van der Waals surface area contributed by atoms with Crippen molar-refractivity contribution >= 4 is 23.4 Å². The highest BCUT2D eigenvalue weighted by Crippen LogP contribution is 2.10. The van der Waals surface area contributed by atoms with Crippen molar-refractivity contribution in [3.63, 3.8) is 0 Å². The van der Waals surface area contributed by atoms with E-state index in [2.05, 4.69) is 17.6 Å². The molecule has 5 heteroatoms. The fourth-order valence-corrected chi connectivity index (χ4v) is 1.99. The molecule has 21 heavy (non-hydrogen) atoms. The molecule has 0 aliphatic rings. The Morgan fingerprint density at radius 1 is 1.19 bits per heavy atom. The van der Waals surface area contributed by atoms with Gasteiger partial charge in [-0.05, 0) is 36.6 Å². The first-order valence-electron chi connectivity index (χ1n) is 7.29. The third-order valence-corrected chi connectivity index (χ3v) is 3.42. The van der Waals surface area contributed by atoms with Gasteiger partial charge < -0.3 is 10.6 Å². The van der Waals surface area contributed by atoms with Crippen LogP contribution in [0.2, 0.25) is 5.02 Å². The van der Waals surface area contributed by atoms with E-state index in [0.29, 0.717) is 17.1 Å². The van der Waals surface area contributed by atoms with Crippen LogP contribution < -0.4 is 10.6 Å². The van der Waals surface area contributed by atoms with Crippen LogP contribution >= 0.6 is 11.6 Å². The molecule has 0 radical (unpaired) electrons. The second-order valence-electron chi connectivity index (χ2n) is 5.35. The van der Waals surface area contributed by atoms with Crippen LogP contribution in [0.5, 0.6) is 0 Å². The molecule has 116 valence electrons. The number of unbranched alkanes of at least 4 members (excludes halogenated alkanes) is 1. The summed E-state index contributed by atoms with van der Waals surface area (Å²) in [7, 11) is 0. The molecule has 1 rings (SSSR count). The van der Waals surface area contributed by atoms with Gasteiger partial charge in [-0.1, -0.05) is 38.8 Å². The largest absolute Gasteiger partial charge is 0.354 e. The van der Waals surface area contributed by atoms with Crippen molar-refractivity contribution < 1.29 is 9.59 Å². The van der Waals surface area contributed by atoms with E-state index in [-0.39, 0.29) is 17.7 Å². The zero-order valence-corrected chi connectivity index (χ0v) is 13.5. The first-order valence-corrected chi connectivity index (χ1v) is 7.67. The van der Waals surface area contributed by atoms with Crippen molar-refractivity contribution in [2.24, 2.45) is 5.92 Å². The van der Waals surface area contributed by atoms with Crippen LogP contribution in [0.15, 0.2) is 24.3 Å². The molecule has 2 N–H and O–H groups in total. The first kappa shape index (κ1) is 17.5. The van der Waals surface area contributed by atoms with Gasteiger partial charge in [0.25, 0.3) is 5.91 Å². The molecule has 0 saturated heterocycles. The van der Waals surface area contributed by atoms with Gasteiger partial charge in [0.1, 0.15) is 6.04 Å². The van der Waals surface area contributed by atoms with E-state index in [1.54, 1.807) is 24.3 Å². The van der Waals surface area contributed by atoms with Gasteiger partial charge in [0, 0.05) is 17.1 Å². The van der Waals surface area contributed by atoms with Crippen molar-refractivity contribution in [1.29, 1.82) is 0 Å². The Hall–Kier alpha value is -1.55. The second kappa shape index (κ2) is 8.67. The van der Waals surface area contributed by atoms with Gasteiger partial charge in [-0.2, -0.15) is 0 Å². The second-order valence-corrected chi connectivity index (χ2v) is 5.78. The van der Waals surface area contributed by atoms with Gasteiger partial charge in [-0.3, -0.25) is 9.59 Å². The van der Waals surface area contributed by atoms with Crippen molar-refractivity contribution in [2.45, 2.75) is 39.7 Å². The number of rotatable bonds is 7. The Balaban J connectivity index is 2.67. The van der Waals surface area contributed by atoms with Crippen LogP contribution in [0.4, 0.5) is 0 Å². The number of halogens is 1. The van der Waals surface area contributed by atoms with Crippen LogP contribution in [0.3, 0.4) is 0 Å². The predicted octanol–water partition coefficient (Wildman–Crippen LogP) is 3.01. The molecular formula is C16H23ClN2O2. The standard InChI is InChI=1S/C16H23ClN2O2/c1-4-5-10-18-16(21)14(11(2)3)19-15(20)12-6-8-13(17)9-7-12/h6-9,11,14H,4-5,10H2,1-3H3,(H,18,21)(H,19,20). The molecule has 1 aromatic carbocycles. The summed E-state index contributed by atoms with van der Waals surface area (Å²) >= 11 is 5.80. The maximum absolute atomic E-state index is 12.2. The Labute approximate surface area is 131 Å². The van der Waals surface area contributed by atoms with Crippen LogP contribution in [0.25, 0.3) is 0 Å². The summed E-state index contributed by atoms with van der Waals surface area (Å²) in [6, 6.07) is 6.06. The van der Waals surface area contributed by atoms with Gasteiger partial charge >= 0.3 is 0 Å². The first-order chi connectivity index (χ1) is 9.95. The molecular weight excluding hydrogens is 288 g/mol. The number of amides is 2. The summed E-state index contributed by atoms with van der Waals surface area (Å²) in [5, 5.41) is 6.21. The van der Waals surface area contributed by atoms with E-state index in [9.17, 15) is 9.59 Å². The van der Waals surface area contributed by atoms with Crippen molar-refractivity contribution in [2.75, 3.05) is 6.54 Å². The Morgan fingerprint density at radius 3 is 2.33 bits per heavy atom. The van der Waals surface area contributed by atoms with Crippen LogP contribution in [-0.2, 0) is 4.79 Å². The van der Waals surface area contributed by atoms with E-state index >= 15 is 0 Å². The monoisotopic (exact) mass is 310 g/mol. The average Bonchev–Trinajstić information content (AvgIpc) is 2.45. The summed E-state index contributed by atoms with van der Waals surface area (Å²) in [4.78, 5) is 24.3. The van der Waals surface area contributed by atoms with Gasteiger partial charge in [-0.15, -0.1) is 0 Å². The average molecular weight is 311 g/mol. The van der Waals surface area contributed by atoms with E-state index in [4.69, 9.17) is 11.6 Å². The summed E-state index contributed by atoms with van der Waals surface area (Å²) in [6.07, 6.45) is 1.95. The molecule has 2 amide bonds. The molecule has 0 spiro atoms. The Bertz CT molecular complexity index is 472. The van der Waals surface area contributed by atoms with Crippen LogP contribution in [0, 0.1) is 5.92 Å². The van der Waals surface area contributed by atoms with Crippen LogP contribution in [-0.4, -0.2) is 24.4 Å². The van der Waals surface area contributed by atoms with Crippen molar-refractivity contribution in [3.05, 3.63) is 34.9 Å². The quantitative estimate of drug-likeness (QED) is 0.761. The summed E-state index contributed by atoms with van der Waals surface area (Å²) < 4.78 is 0. The lowest BCUT2D eigenvalue weighted by Crippen LogP contribution is -2.49. The smallest absolute Gasteiger partial charge is 0.251 e. The Morgan fingerprint density at radius 2 is 1.81 bits per heavy atom. The molecule has 1 unspecified atom stereocenters. The molecule has 0 fully saturated rings. The maximum atomic E-state index is 12.2. The van der Waals surface area contributed by atoms with Crippen molar-refractivity contribution in [3.8, 4) is 0 Å². The normalized spacial score (nSPS) is 12.0. The van der Waals surface area contributed by atoms with Gasteiger partial charge in [0.05, 0.1) is 0 Å². The fraction of sp³-hybridized carbons (Fsp3) is 0.500. The van der Waals surface area contributed by atoms with Crippen LogP contribution in [0.1, 0.15) is 44.0 Å². The molecule has 0 aromatic heterocycles. The lowest BCUT2D eigenvalue weighted by Gasteiger charge is -2.21. The number of carbonyl (C=O) groups excluding carboxylic acids is 2. The molecule has 0 heterocycles. The van der Waals surface area contributed by atoms with Crippen molar-refractivity contribution in [1.82, 2.24) is 10.6 Å². The SMILES string of the molecule is CCCCNC(=O)C(NC(=O)c1ccc(Cl)cc1)C(C)C. The minimum Gasteiger partial charge on any atom is -0.354 e. The zero-order chi connectivity index (χ0) is 15.8. The summed E-state index contributed by atoms with van der Waals surface area (Å²) in [5.74, 6) is -0.389. The van der Waals surface area contributed by atoms with Gasteiger partial charge in [0.15, 0.2) is 0 Å². The molecule has 0 saturated carbocycles. The summed E-state index contributed by atoms with van der Waals surface area (Å²) in [6.45, 7) is 6.52. The Kier molecular flexibility index (Phi) is 7.23. The highest BCUT2D eigenvalue weighted by atomic mass is 35.5. The third-order valence-electron chi connectivity index (χ3n) is 3.17. The lowest BCUT2D eigenvalue weighted by atomic mass is 10.0. The summed E-state index contributed by atoms with van der Waals surface area (Å²) in [5.41, 5.74) is 0.492. The minimum atomic E-state index is -0.537. The zero-order valence-electron chi connectivity index (χ0n) is 12.8. The lowest BCUT2D eigenvalue weighted by molar-refractivity contribution is -0.123. The molecule has 0 aliphatic carbocycles. The highest BCUT2D eigenvalue weighted by Gasteiger charge is 2.24. The number of hydrogen-bond donors (Lipinski definition) is 2. The molecule has 0 bridgehead atoms. The third kappa shape index (κ3) is 5.76. The minimum absolute atomic E-state index is 0.0166. The molecule has 1 aromatic rings. The van der Waals surface area contributed by atoms with E-state index < -0.39 is 6.04 Å². The topological polar surface area (TPSA) is 58.2 Å². The number of benzene rings is 1. The van der Waals surface area contributed by atoms with E-state index in [0.717, 1.165) is 12.8 Å².